The van der Waals surface area contributed by atoms with E-state index in [1.165, 1.54) is 24.3 Å². The molecule has 5 nitrogen and oxygen atoms in total. The first-order valence-corrected chi connectivity index (χ1v) is 12.8. The molecule has 4 rings (SSSR count). The minimum Gasteiger partial charge on any atom is -0.478 e. The number of benzene rings is 4. The highest BCUT2D eigenvalue weighted by Crippen LogP contribution is 2.31. The smallest absolute Gasteiger partial charge is 0.416 e. The van der Waals surface area contributed by atoms with E-state index in [9.17, 15) is 35.9 Å². The van der Waals surface area contributed by atoms with Gasteiger partial charge in [0.25, 0.3) is 5.91 Å². The first kappa shape index (κ1) is 33.4. The molecule has 0 radical (unpaired) electrons. The van der Waals surface area contributed by atoms with Crippen LogP contribution in [-0.2, 0) is 12.4 Å². The Balaban J connectivity index is 0.000000236. The second kappa shape index (κ2) is 14.7. The first-order chi connectivity index (χ1) is 19.1. The Morgan fingerprint density at radius 3 is 1.51 bits per heavy atom. The Bertz CT molecular complexity index is 1460. The average Bonchev–Trinajstić information content (AvgIpc) is 2.89. The van der Waals surface area contributed by atoms with Crippen LogP contribution in [0, 0.1) is 0 Å². The molecular weight excluding hydrogens is 686 g/mol. The molecule has 0 fully saturated rings. The van der Waals surface area contributed by atoms with Crippen LogP contribution in [0.5, 0.6) is 0 Å². The van der Waals surface area contributed by atoms with Crippen molar-refractivity contribution in [3.63, 3.8) is 0 Å². The Labute approximate surface area is 247 Å². The van der Waals surface area contributed by atoms with Crippen LogP contribution in [0.2, 0.25) is 0 Å². The number of halogens is 8. The van der Waals surface area contributed by atoms with E-state index < -0.39 is 35.4 Å². The van der Waals surface area contributed by atoms with Gasteiger partial charge in [0.2, 0.25) is 0 Å². The third-order valence-electron chi connectivity index (χ3n) is 4.86. The molecule has 0 saturated heterocycles. The zero-order valence-electron chi connectivity index (χ0n) is 20.6. The number of hydrogen-bond acceptors (Lipinski definition) is 3. The molecule has 1 amide bonds. The molecule has 0 atom stereocenters. The molecule has 0 unspecified atom stereocenters. The van der Waals surface area contributed by atoms with Gasteiger partial charge in [-0.15, -0.1) is 0 Å². The van der Waals surface area contributed by atoms with Crippen molar-refractivity contribution in [1.29, 1.82) is 0 Å². The molecule has 0 aliphatic heterocycles. The van der Waals surface area contributed by atoms with Crippen molar-refractivity contribution in [3.8, 4) is 0 Å². The maximum Gasteiger partial charge on any atom is 0.416 e. The zero-order chi connectivity index (χ0) is 30.8. The van der Waals surface area contributed by atoms with Crippen LogP contribution in [0.15, 0.2) is 106 Å². The van der Waals surface area contributed by atoms with Gasteiger partial charge in [-0.1, -0.05) is 44.0 Å². The first-order valence-electron chi connectivity index (χ1n) is 11.2. The number of alkyl halides is 6. The van der Waals surface area contributed by atoms with Crippen LogP contribution in [0.25, 0.3) is 0 Å². The van der Waals surface area contributed by atoms with Crippen LogP contribution in [-0.4, -0.2) is 17.0 Å². The number of carbonyl (C=O) groups is 2. The molecule has 0 aromatic heterocycles. The monoisotopic (exact) mass is 704 g/mol. The minimum absolute atomic E-state index is 0.104. The summed E-state index contributed by atoms with van der Waals surface area (Å²) in [6.07, 6.45) is -8.73. The van der Waals surface area contributed by atoms with Gasteiger partial charge in [0.15, 0.2) is 0 Å². The Morgan fingerprint density at radius 1 is 0.659 bits per heavy atom. The van der Waals surface area contributed by atoms with E-state index in [1.807, 2.05) is 0 Å². The number of hydrogen-bond donors (Lipinski definition) is 3. The summed E-state index contributed by atoms with van der Waals surface area (Å²) in [6.45, 7) is 0. The van der Waals surface area contributed by atoms with E-state index in [2.05, 4.69) is 37.2 Å². The second-order valence-electron chi connectivity index (χ2n) is 7.97. The zero-order valence-corrected chi connectivity index (χ0v) is 23.8. The van der Waals surface area contributed by atoms with Gasteiger partial charge in [0, 0.05) is 25.9 Å². The van der Waals surface area contributed by atoms with Gasteiger partial charge in [-0.05, 0) is 84.9 Å². The number of anilines is 2. The number of nitrogens with two attached hydrogens (primary N) is 1. The summed E-state index contributed by atoms with van der Waals surface area (Å²) in [4.78, 5) is 22.2. The quantitative estimate of drug-likeness (QED) is 0.146. The van der Waals surface area contributed by atoms with Crippen molar-refractivity contribution < 1.29 is 41.0 Å². The highest BCUT2D eigenvalue weighted by atomic mass is 79.9. The standard InChI is InChI=1S/C14H9BrF3NO.C7H5BrO2.C7H6F3N/c15-11-6-4-9(5-7-11)13(20)19-12-3-1-2-10(8-12)14(16,17)18;8-6-3-1-5(2-4-6)7(9)10;8-7(9,10)5-2-1-3-6(11)4-5/h1-8H,(H,19,20);1-4H,(H,9,10);1-4H,11H2. The fraction of sp³-hybridized carbons (Fsp3) is 0.0714. The van der Waals surface area contributed by atoms with E-state index in [-0.39, 0.29) is 11.4 Å². The maximum absolute atomic E-state index is 12.6. The number of aromatic carboxylic acids is 1. The summed E-state index contributed by atoms with van der Waals surface area (Å²) in [5.41, 5.74) is 4.55. The van der Waals surface area contributed by atoms with Crippen LogP contribution in [0.3, 0.4) is 0 Å². The van der Waals surface area contributed by atoms with Crippen molar-refractivity contribution in [2.45, 2.75) is 12.4 Å². The fourth-order valence-electron chi connectivity index (χ4n) is 2.89. The summed E-state index contributed by atoms with van der Waals surface area (Å²) < 4.78 is 75.1. The van der Waals surface area contributed by atoms with E-state index >= 15 is 0 Å². The lowest BCUT2D eigenvalue weighted by Gasteiger charge is -2.10. The van der Waals surface area contributed by atoms with Crippen molar-refractivity contribution in [2.24, 2.45) is 0 Å². The highest BCUT2D eigenvalue weighted by molar-refractivity contribution is 9.10. The molecule has 0 spiro atoms. The van der Waals surface area contributed by atoms with Gasteiger partial charge < -0.3 is 16.2 Å². The third-order valence-corrected chi connectivity index (χ3v) is 5.92. The molecule has 41 heavy (non-hydrogen) atoms. The lowest BCUT2D eigenvalue weighted by Crippen LogP contribution is -2.13. The topological polar surface area (TPSA) is 92.4 Å². The van der Waals surface area contributed by atoms with Crippen molar-refractivity contribution in [2.75, 3.05) is 11.1 Å². The maximum atomic E-state index is 12.6. The lowest BCUT2D eigenvalue weighted by molar-refractivity contribution is -0.138. The van der Waals surface area contributed by atoms with Gasteiger partial charge in [-0.2, -0.15) is 26.3 Å². The number of rotatable bonds is 3. The fourth-order valence-corrected chi connectivity index (χ4v) is 3.41. The molecule has 0 heterocycles. The molecule has 0 bridgehead atoms. The molecule has 4 N–H and O–H groups in total. The van der Waals surface area contributed by atoms with Gasteiger partial charge in [0.05, 0.1) is 16.7 Å². The lowest BCUT2D eigenvalue weighted by atomic mass is 10.1. The minimum atomic E-state index is -4.43. The largest absolute Gasteiger partial charge is 0.478 e. The third kappa shape index (κ3) is 11.7. The average molecular weight is 706 g/mol. The summed E-state index contributed by atoms with van der Waals surface area (Å²) in [5.74, 6) is -1.36. The SMILES string of the molecule is Nc1cccc(C(F)(F)F)c1.O=C(Nc1cccc(C(F)(F)F)c1)c1ccc(Br)cc1.O=C(O)c1ccc(Br)cc1. The molecule has 0 aliphatic rings. The number of carbonyl (C=O) groups excluding carboxylic acids is 1. The van der Waals surface area contributed by atoms with Gasteiger partial charge in [-0.25, -0.2) is 4.79 Å². The van der Waals surface area contributed by atoms with E-state index in [0.29, 0.717) is 11.1 Å². The van der Waals surface area contributed by atoms with Crippen molar-refractivity contribution >= 4 is 55.1 Å². The summed E-state index contributed by atoms with van der Waals surface area (Å²) in [6, 6.07) is 22.1. The molecular formula is C28H20Br2F6N2O3. The number of carboxylic acid groups (broad SMARTS) is 1. The van der Waals surface area contributed by atoms with Crippen LogP contribution in [0.1, 0.15) is 31.8 Å². The van der Waals surface area contributed by atoms with Gasteiger partial charge in [-0.3, -0.25) is 4.79 Å². The second-order valence-corrected chi connectivity index (χ2v) is 9.81. The Kier molecular flexibility index (Phi) is 12.0. The molecule has 4 aromatic rings. The van der Waals surface area contributed by atoms with E-state index in [1.54, 1.807) is 48.5 Å². The van der Waals surface area contributed by atoms with Gasteiger partial charge in [0.1, 0.15) is 0 Å². The van der Waals surface area contributed by atoms with Crippen LogP contribution < -0.4 is 11.1 Å². The van der Waals surface area contributed by atoms with E-state index in [0.717, 1.165) is 33.2 Å². The molecule has 4 aromatic carbocycles. The number of amides is 1. The Hall–Kier alpha value is -3.84. The van der Waals surface area contributed by atoms with E-state index in [4.69, 9.17) is 10.8 Å². The number of nitrogens with one attached hydrogen (secondary N) is 1. The van der Waals surface area contributed by atoms with Gasteiger partial charge >= 0.3 is 18.3 Å². The van der Waals surface area contributed by atoms with Crippen LogP contribution >= 0.6 is 31.9 Å². The van der Waals surface area contributed by atoms with Crippen LogP contribution in [0.4, 0.5) is 37.7 Å². The van der Waals surface area contributed by atoms with Crippen molar-refractivity contribution in [1.82, 2.24) is 0 Å². The molecule has 13 heteroatoms. The van der Waals surface area contributed by atoms with Crippen molar-refractivity contribution in [3.05, 3.63) is 128 Å². The predicted molar refractivity (Wildman–Crippen MR) is 150 cm³/mol. The normalized spacial score (nSPS) is 10.8. The Morgan fingerprint density at radius 2 is 1.10 bits per heavy atom. The summed E-state index contributed by atoms with van der Waals surface area (Å²) in [7, 11) is 0. The summed E-state index contributed by atoms with van der Waals surface area (Å²) in [5, 5.41) is 10.9. The predicted octanol–water partition coefficient (Wildman–Crippen LogP) is 9.16. The highest BCUT2D eigenvalue weighted by Gasteiger charge is 2.31. The number of carboxylic acids is 1. The molecule has 216 valence electrons. The molecule has 0 saturated carbocycles. The summed E-state index contributed by atoms with van der Waals surface area (Å²) >= 11 is 6.44. The molecule has 0 aliphatic carbocycles. The number of nitrogen functional groups attached to an aromatic ring is 1.